The van der Waals surface area contributed by atoms with E-state index in [0.29, 0.717) is 11.1 Å². The monoisotopic (exact) mass is 224 g/mol. The molecule has 0 saturated carbocycles. The van der Waals surface area contributed by atoms with Crippen molar-refractivity contribution in [1.29, 1.82) is 0 Å². The summed E-state index contributed by atoms with van der Waals surface area (Å²) in [6.45, 7) is 1.69. The van der Waals surface area contributed by atoms with Gasteiger partial charge in [-0.05, 0) is 24.5 Å². The number of nitrogens with zero attached hydrogens (tertiary/aromatic N) is 1. The van der Waals surface area contributed by atoms with Crippen molar-refractivity contribution in [3.8, 4) is 0 Å². The lowest BCUT2D eigenvalue weighted by molar-refractivity contribution is -0.384. The van der Waals surface area contributed by atoms with E-state index in [9.17, 15) is 14.9 Å². The van der Waals surface area contributed by atoms with E-state index in [1.807, 2.05) is 0 Å². The summed E-state index contributed by atoms with van der Waals surface area (Å²) in [7, 11) is 0. The van der Waals surface area contributed by atoms with Crippen molar-refractivity contribution in [3.63, 3.8) is 0 Å². The van der Waals surface area contributed by atoms with Gasteiger partial charge in [-0.3, -0.25) is 14.9 Å². The summed E-state index contributed by atoms with van der Waals surface area (Å²) in [6, 6.07) is 3.30. The number of rotatable bonds is 4. The van der Waals surface area contributed by atoms with Gasteiger partial charge in [0, 0.05) is 12.1 Å². The van der Waals surface area contributed by atoms with Crippen LogP contribution in [-0.2, 0) is 11.2 Å². The number of carbonyl (C=O) groups is 1. The van der Waals surface area contributed by atoms with Gasteiger partial charge in [0.05, 0.1) is 4.92 Å². The molecule has 6 nitrogen and oxygen atoms in total. The second-order valence-electron chi connectivity index (χ2n) is 3.52. The van der Waals surface area contributed by atoms with Crippen molar-refractivity contribution in [3.05, 3.63) is 39.4 Å². The molecular formula is C10H12N2O4. The van der Waals surface area contributed by atoms with Gasteiger partial charge in [-0.15, -0.1) is 0 Å². The van der Waals surface area contributed by atoms with E-state index in [2.05, 4.69) is 0 Å². The van der Waals surface area contributed by atoms with Gasteiger partial charge in [0.2, 0.25) is 0 Å². The Bertz CT molecular complexity index is 431. The first kappa shape index (κ1) is 12.1. The highest BCUT2D eigenvalue weighted by Crippen LogP contribution is 2.18. The van der Waals surface area contributed by atoms with Crippen LogP contribution in [0.5, 0.6) is 0 Å². The molecule has 0 radical (unpaired) electrons. The molecule has 1 unspecified atom stereocenters. The quantitative estimate of drug-likeness (QED) is 0.582. The first-order chi connectivity index (χ1) is 7.41. The van der Waals surface area contributed by atoms with Gasteiger partial charge in [-0.2, -0.15) is 0 Å². The van der Waals surface area contributed by atoms with Crippen LogP contribution >= 0.6 is 0 Å². The predicted molar refractivity (Wildman–Crippen MR) is 57.1 cm³/mol. The fourth-order valence-corrected chi connectivity index (χ4v) is 1.35. The van der Waals surface area contributed by atoms with Crippen LogP contribution in [0.4, 0.5) is 5.69 Å². The highest BCUT2D eigenvalue weighted by Gasteiger charge is 2.15. The summed E-state index contributed by atoms with van der Waals surface area (Å²) >= 11 is 0. The third-order valence-electron chi connectivity index (χ3n) is 2.29. The molecule has 1 aromatic rings. The van der Waals surface area contributed by atoms with Gasteiger partial charge in [0.15, 0.2) is 0 Å². The van der Waals surface area contributed by atoms with Crippen LogP contribution in [0.15, 0.2) is 18.2 Å². The van der Waals surface area contributed by atoms with Crippen molar-refractivity contribution in [1.82, 2.24) is 0 Å². The van der Waals surface area contributed by atoms with Crippen molar-refractivity contribution in [2.24, 2.45) is 5.73 Å². The molecule has 16 heavy (non-hydrogen) atoms. The number of nitrogens with two attached hydrogens (primary N) is 1. The number of aliphatic carboxylic acids is 1. The Kier molecular flexibility index (Phi) is 3.57. The minimum Gasteiger partial charge on any atom is -0.480 e. The third kappa shape index (κ3) is 2.77. The lowest BCUT2D eigenvalue weighted by atomic mass is 10.0. The molecule has 1 rings (SSSR count). The molecule has 0 fully saturated rings. The summed E-state index contributed by atoms with van der Waals surface area (Å²) in [6.07, 6.45) is 0.166. The zero-order valence-electron chi connectivity index (χ0n) is 8.71. The van der Waals surface area contributed by atoms with E-state index >= 15 is 0 Å². The van der Waals surface area contributed by atoms with Crippen LogP contribution < -0.4 is 5.73 Å². The summed E-state index contributed by atoms with van der Waals surface area (Å²) < 4.78 is 0. The van der Waals surface area contributed by atoms with E-state index in [0.717, 1.165) is 0 Å². The number of nitro benzene ring substituents is 1. The smallest absolute Gasteiger partial charge is 0.320 e. The summed E-state index contributed by atoms with van der Waals surface area (Å²) in [4.78, 5) is 20.5. The van der Waals surface area contributed by atoms with E-state index in [1.54, 1.807) is 6.92 Å². The standard InChI is InChI=1S/C10H12N2O4/c1-6-4-8(12(15)16)3-2-7(6)5-9(11)10(13)14/h2-4,9H,5,11H2,1H3,(H,13,14). The molecular weight excluding hydrogens is 212 g/mol. The van der Waals surface area contributed by atoms with E-state index in [1.165, 1.54) is 18.2 Å². The van der Waals surface area contributed by atoms with Crippen molar-refractivity contribution in [2.45, 2.75) is 19.4 Å². The fourth-order valence-electron chi connectivity index (χ4n) is 1.35. The number of hydrogen-bond acceptors (Lipinski definition) is 4. The number of non-ortho nitro benzene ring substituents is 1. The molecule has 0 saturated heterocycles. The Morgan fingerprint density at radius 3 is 2.69 bits per heavy atom. The third-order valence-corrected chi connectivity index (χ3v) is 2.29. The molecule has 86 valence electrons. The molecule has 1 atom stereocenters. The van der Waals surface area contributed by atoms with Crippen LogP contribution in [-0.4, -0.2) is 22.0 Å². The lowest BCUT2D eigenvalue weighted by Gasteiger charge is -2.08. The maximum absolute atomic E-state index is 10.6. The normalized spacial score (nSPS) is 12.1. The zero-order chi connectivity index (χ0) is 12.3. The van der Waals surface area contributed by atoms with E-state index < -0.39 is 16.9 Å². The summed E-state index contributed by atoms with van der Waals surface area (Å²) in [5, 5.41) is 19.1. The Balaban J connectivity index is 2.91. The topological polar surface area (TPSA) is 106 Å². The van der Waals surface area contributed by atoms with Crippen LogP contribution in [0.1, 0.15) is 11.1 Å². The summed E-state index contributed by atoms with van der Waals surface area (Å²) in [5.41, 5.74) is 6.75. The average Bonchev–Trinajstić information content (AvgIpc) is 2.20. The number of carboxylic acids is 1. The van der Waals surface area contributed by atoms with E-state index in [-0.39, 0.29) is 12.1 Å². The highest BCUT2D eigenvalue weighted by atomic mass is 16.6. The minimum atomic E-state index is -1.09. The lowest BCUT2D eigenvalue weighted by Crippen LogP contribution is -2.32. The first-order valence-corrected chi connectivity index (χ1v) is 4.64. The van der Waals surface area contributed by atoms with Gasteiger partial charge in [-0.25, -0.2) is 0 Å². The van der Waals surface area contributed by atoms with Crippen LogP contribution in [0.25, 0.3) is 0 Å². The molecule has 0 aliphatic rings. The maximum atomic E-state index is 10.6. The molecule has 0 aromatic heterocycles. The molecule has 0 bridgehead atoms. The van der Waals surface area contributed by atoms with Crippen LogP contribution in [0.3, 0.4) is 0 Å². The maximum Gasteiger partial charge on any atom is 0.320 e. The van der Waals surface area contributed by atoms with Gasteiger partial charge < -0.3 is 10.8 Å². The van der Waals surface area contributed by atoms with E-state index in [4.69, 9.17) is 10.8 Å². The molecule has 1 aromatic carbocycles. The zero-order valence-corrected chi connectivity index (χ0v) is 8.71. The van der Waals surface area contributed by atoms with Gasteiger partial charge in [0.1, 0.15) is 6.04 Å². The average molecular weight is 224 g/mol. The van der Waals surface area contributed by atoms with Gasteiger partial charge >= 0.3 is 5.97 Å². The summed E-state index contributed by atoms with van der Waals surface area (Å²) in [5.74, 6) is -1.09. The SMILES string of the molecule is Cc1cc([N+](=O)[O-])ccc1CC(N)C(=O)O. The second-order valence-corrected chi connectivity index (χ2v) is 3.52. The van der Waals surface area contributed by atoms with Gasteiger partial charge in [-0.1, -0.05) is 6.07 Å². The second kappa shape index (κ2) is 4.71. The Labute approximate surface area is 91.8 Å². The Morgan fingerprint density at radius 1 is 1.62 bits per heavy atom. The Morgan fingerprint density at radius 2 is 2.25 bits per heavy atom. The number of nitro groups is 1. The fraction of sp³-hybridized carbons (Fsp3) is 0.300. The van der Waals surface area contributed by atoms with Gasteiger partial charge in [0.25, 0.3) is 5.69 Å². The predicted octanol–water partition coefficient (Wildman–Crippen LogP) is 0.858. The minimum absolute atomic E-state index is 0.00912. The number of benzene rings is 1. The highest BCUT2D eigenvalue weighted by molar-refractivity contribution is 5.73. The molecule has 0 spiro atoms. The Hall–Kier alpha value is -1.95. The number of aryl methyl sites for hydroxylation is 1. The molecule has 6 heteroatoms. The molecule has 0 amide bonds. The van der Waals surface area contributed by atoms with Crippen molar-refractivity contribution in [2.75, 3.05) is 0 Å². The van der Waals surface area contributed by atoms with Crippen LogP contribution in [0.2, 0.25) is 0 Å². The first-order valence-electron chi connectivity index (χ1n) is 4.64. The molecule has 0 aliphatic carbocycles. The molecule has 0 heterocycles. The molecule has 3 N–H and O–H groups in total. The van der Waals surface area contributed by atoms with Crippen LogP contribution in [0, 0.1) is 17.0 Å². The number of carboxylic acid groups (broad SMARTS) is 1. The van der Waals surface area contributed by atoms with Crippen molar-refractivity contribution >= 4 is 11.7 Å². The largest absolute Gasteiger partial charge is 0.480 e. The molecule has 0 aliphatic heterocycles. The van der Waals surface area contributed by atoms with Crippen molar-refractivity contribution < 1.29 is 14.8 Å². The number of hydrogen-bond donors (Lipinski definition) is 2.